The van der Waals surface area contributed by atoms with Crippen LogP contribution in [-0.4, -0.2) is 23.7 Å². The molecule has 76 valence electrons. The Kier molecular flexibility index (Phi) is 2.52. The van der Waals surface area contributed by atoms with Crippen LogP contribution in [0.4, 0.5) is 0 Å². The highest BCUT2D eigenvalue weighted by Crippen LogP contribution is 2.29. The number of hydrogen-bond donors (Lipinski definition) is 0. The summed E-state index contributed by atoms with van der Waals surface area (Å²) in [6.45, 7) is 2.62. The van der Waals surface area contributed by atoms with Crippen LogP contribution in [0.2, 0.25) is 0 Å². The largest absolute Gasteiger partial charge is 0.493 e. The predicted octanol–water partition coefficient (Wildman–Crippen LogP) is 1.58. The van der Waals surface area contributed by atoms with Crippen molar-refractivity contribution in [3.05, 3.63) is 11.9 Å². The zero-order chi connectivity index (χ0) is 9.97. The average molecular weight is 194 g/mol. The smallest absolute Gasteiger partial charge is 0.316 e. The van der Waals surface area contributed by atoms with E-state index in [9.17, 15) is 0 Å². The Balaban J connectivity index is 1.99. The number of ether oxygens (including phenoxy) is 2. The van der Waals surface area contributed by atoms with Crippen molar-refractivity contribution < 1.29 is 9.47 Å². The van der Waals surface area contributed by atoms with E-state index in [1.165, 1.54) is 12.8 Å². The summed E-state index contributed by atoms with van der Waals surface area (Å²) in [4.78, 5) is 8.24. The van der Waals surface area contributed by atoms with Crippen molar-refractivity contribution in [3.8, 4) is 11.8 Å². The molecule has 0 amide bonds. The van der Waals surface area contributed by atoms with E-state index in [1.54, 1.807) is 13.3 Å². The minimum atomic E-state index is 0.454. The molecule has 1 fully saturated rings. The van der Waals surface area contributed by atoms with E-state index in [1.807, 2.05) is 6.92 Å². The number of hydrogen-bond acceptors (Lipinski definition) is 4. The van der Waals surface area contributed by atoms with Crippen molar-refractivity contribution in [2.45, 2.75) is 19.8 Å². The lowest BCUT2D eigenvalue weighted by Gasteiger charge is -2.06. The highest BCUT2D eigenvalue weighted by Gasteiger charge is 2.22. The van der Waals surface area contributed by atoms with Crippen LogP contribution in [0.15, 0.2) is 6.20 Å². The second-order valence-corrected chi connectivity index (χ2v) is 3.56. The molecule has 0 aliphatic heterocycles. The summed E-state index contributed by atoms with van der Waals surface area (Å²) < 4.78 is 10.5. The fourth-order valence-electron chi connectivity index (χ4n) is 1.18. The summed E-state index contributed by atoms with van der Waals surface area (Å²) in [5, 5.41) is 0. The molecule has 0 saturated heterocycles. The maximum Gasteiger partial charge on any atom is 0.316 e. The predicted molar refractivity (Wildman–Crippen MR) is 51.5 cm³/mol. The van der Waals surface area contributed by atoms with Crippen molar-refractivity contribution in [2.75, 3.05) is 13.7 Å². The molecule has 2 rings (SSSR count). The van der Waals surface area contributed by atoms with Crippen LogP contribution in [0.1, 0.15) is 18.5 Å². The molecule has 0 unspecified atom stereocenters. The monoisotopic (exact) mass is 194 g/mol. The van der Waals surface area contributed by atoms with Gasteiger partial charge in [0.2, 0.25) is 0 Å². The van der Waals surface area contributed by atoms with E-state index >= 15 is 0 Å². The Morgan fingerprint density at radius 3 is 2.86 bits per heavy atom. The van der Waals surface area contributed by atoms with Crippen LogP contribution in [0.5, 0.6) is 11.8 Å². The van der Waals surface area contributed by atoms with Gasteiger partial charge in [0, 0.05) is 0 Å². The molecule has 0 spiro atoms. The first kappa shape index (κ1) is 9.24. The molecule has 0 radical (unpaired) electrons. The average Bonchev–Trinajstić information content (AvgIpc) is 2.98. The molecule has 0 N–H and O–H groups in total. The first-order chi connectivity index (χ1) is 6.79. The standard InChI is InChI=1S/C10H14N2O2/c1-7-9(13-2)5-11-10(12-7)14-6-8-3-4-8/h5,8H,3-4,6H2,1-2H3. The highest BCUT2D eigenvalue weighted by molar-refractivity contribution is 5.24. The number of aromatic nitrogens is 2. The summed E-state index contributed by atoms with van der Waals surface area (Å²) in [6, 6.07) is 0.454. The van der Waals surface area contributed by atoms with Crippen LogP contribution in [-0.2, 0) is 0 Å². The normalized spacial score (nSPS) is 15.3. The third-order valence-corrected chi connectivity index (χ3v) is 2.28. The van der Waals surface area contributed by atoms with Crippen molar-refractivity contribution >= 4 is 0 Å². The molecule has 1 saturated carbocycles. The summed E-state index contributed by atoms with van der Waals surface area (Å²) in [5.41, 5.74) is 0.813. The summed E-state index contributed by atoms with van der Waals surface area (Å²) in [7, 11) is 1.61. The van der Waals surface area contributed by atoms with Gasteiger partial charge in [-0.05, 0) is 25.7 Å². The van der Waals surface area contributed by atoms with Crippen molar-refractivity contribution in [1.29, 1.82) is 0 Å². The van der Waals surface area contributed by atoms with E-state index in [0.29, 0.717) is 11.8 Å². The van der Waals surface area contributed by atoms with Crippen LogP contribution in [0.25, 0.3) is 0 Å². The molecule has 1 aromatic rings. The summed E-state index contributed by atoms with van der Waals surface area (Å²) in [6.07, 6.45) is 4.19. The van der Waals surface area contributed by atoms with Gasteiger partial charge in [-0.2, -0.15) is 9.97 Å². The Bertz CT molecular complexity index is 324. The molecule has 14 heavy (non-hydrogen) atoms. The number of aryl methyl sites for hydroxylation is 1. The van der Waals surface area contributed by atoms with Gasteiger partial charge in [0.15, 0.2) is 5.75 Å². The first-order valence-corrected chi connectivity index (χ1v) is 4.80. The molecular formula is C10H14N2O2. The van der Waals surface area contributed by atoms with E-state index in [0.717, 1.165) is 18.2 Å². The SMILES string of the molecule is COc1cnc(OCC2CC2)nc1C. The van der Waals surface area contributed by atoms with Crippen molar-refractivity contribution in [1.82, 2.24) is 9.97 Å². The number of nitrogens with zero attached hydrogens (tertiary/aromatic N) is 2. The number of methoxy groups -OCH3 is 1. The molecule has 4 heteroatoms. The Morgan fingerprint density at radius 2 is 2.29 bits per heavy atom. The van der Waals surface area contributed by atoms with Crippen LogP contribution in [0, 0.1) is 12.8 Å². The van der Waals surface area contributed by atoms with Gasteiger partial charge < -0.3 is 9.47 Å². The molecule has 1 aliphatic rings. The van der Waals surface area contributed by atoms with E-state index in [4.69, 9.17) is 9.47 Å². The van der Waals surface area contributed by atoms with Gasteiger partial charge in [0.05, 0.1) is 25.6 Å². The zero-order valence-electron chi connectivity index (χ0n) is 8.49. The molecule has 0 aromatic carbocycles. The second kappa shape index (κ2) is 3.82. The van der Waals surface area contributed by atoms with Gasteiger partial charge in [0.1, 0.15) is 0 Å². The minimum absolute atomic E-state index is 0.454. The Labute approximate surface area is 83.3 Å². The van der Waals surface area contributed by atoms with Crippen molar-refractivity contribution in [3.63, 3.8) is 0 Å². The van der Waals surface area contributed by atoms with Crippen LogP contribution < -0.4 is 9.47 Å². The summed E-state index contributed by atoms with van der Waals surface area (Å²) in [5.74, 6) is 1.42. The zero-order valence-corrected chi connectivity index (χ0v) is 8.49. The van der Waals surface area contributed by atoms with E-state index in [2.05, 4.69) is 9.97 Å². The molecule has 1 aromatic heterocycles. The van der Waals surface area contributed by atoms with Gasteiger partial charge in [0.25, 0.3) is 0 Å². The molecule has 0 bridgehead atoms. The topological polar surface area (TPSA) is 44.2 Å². The third kappa shape index (κ3) is 2.13. The lowest BCUT2D eigenvalue weighted by molar-refractivity contribution is 0.273. The molecule has 1 heterocycles. The molecule has 4 nitrogen and oxygen atoms in total. The third-order valence-electron chi connectivity index (χ3n) is 2.28. The molecule has 0 atom stereocenters. The lowest BCUT2D eigenvalue weighted by atomic mass is 10.4. The van der Waals surface area contributed by atoms with Crippen LogP contribution >= 0.6 is 0 Å². The molecular weight excluding hydrogens is 180 g/mol. The van der Waals surface area contributed by atoms with E-state index < -0.39 is 0 Å². The fourth-order valence-corrected chi connectivity index (χ4v) is 1.18. The maximum absolute atomic E-state index is 5.43. The second-order valence-electron chi connectivity index (χ2n) is 3.56. The highest BCUT2D eigenvalue weighted by atomic mass is 16.5. The van der Waals surface area contributed by atoms with Gasteiger partial charge in [-0.1, -0.05) is 0 Å². The fraction of sp³-hybridized carbons (Fsp3) is 0.600. The Hall–Kier alpha value is -1.32. The minimum Gasteiger partial charge on any atom is -0.493 e. The van der Waals surface area contributed by atoms with Gasteiger partial charge in [-0.25, -0.2) is 0 Å². The lowest BCUT2D eigenvalue weighted by Crippen LogP contribution is -2.04. The van der Waals surface area contributed by atoms with Gasteiger partial charge in [-0.3, -0.25) is 0 Å². The van der Waals surface area contributed by atoms with Gasteiger partial charge in [-0.15, -0.1) is 0 Å². The van der Waals surface area contributed by atoms with Crippen LogP contribution in [0.3, 0.4) is 0 Å². The quantitative estimate of drug-likeness (QED) is 0.730. The Morgan fingerprint density at radius 1 is 1.50 bits per heavy atom. The van der Waals surface area contributed by atoms with E-state index in [-0.39, 0.29) is 0 Å². The molecule has 1 aliphatic carbocycles. The van der Waals surface area contributed by atoms with Crippen molar-refractivity contribution in [2.24, 2.45) is 5.92 Å². The number of rotatable bonds is 4. The van der Waals surface area contributed by atoms with Gasteiger partial charge >= 0.3 is 6.01 Å². The summed E-state index contributed by atoms with van der Waals surface area (Å²) >= 11 is 0. The maximum atomic E-state index is 5.43. The first-order valence-electron chi connectivity index (χ1n) is 4.80.